The molecule has 7 heavy (non-hydrogen) atoms. The molecule has 0 aliphatic heterocycles. The largest absolute Gasteiger partial charge is 0.290 e. The van der Waals surface area contributed by atoms with Crippen LogP contribution in [-0.2, 0) is 4.79 Å². The lowest BCUT2D eigenvalue weighted by Gasteiger charge is -1.89. The van der Waals surface area contributed by atoms with Gasteiger partial charge in [-0.25, -0.2) is 5.84 Å². The Morgan fingerprint density at radius 3 is 2.29 bits per heavy atom. The Labute approximate surface area is 46.8 Å². The molecule has 0 aromatic heterocycles. The standard InChI is InChI=1S/C3H6N2OS/c1-2(7)3(6)5-4/h4H2,1H3,(H,5,6). The van der Waals surface area contributed by atoms with E-state index in [9.17, 15) is 4.79 Å². The summed E-state index contributed by atoms with van der Waals surface area (Å²) in [5.41, 5.74) is 1.88. The number of hydrogen-bond donors (Lipinski definition) is 2. The van der Waals surface area contributed by atoms with Crippen molar-refractivity contribution in [2.24, 2.45) is 5.84 Å². The van der Waals surface area contributed by atoms with Crippen LogP contribution in [0.5, 0.6) is 0 Å². The number of nitrogens with two attached hydrogens (primary N) is 1. The molecule has 40 valence electrons. The van der Waals surface area contributed by atoms with E-state index in [1.807, 2.05) is 5.43 Å². The highest BCUT2D eigenvalue weighted by Crippen LogP contribution is 1.69. The Hall–Kier alpha value is -0.480. The zero-order valence-electron chi connectivity index (χ0n) is 3.89. The number of thiocarbonyl (C=S) groups is 1. The molecule has 0 rings (SSSR count). The highest BCUT2D eigenvalue weighted by atomic mass is 32.1. The van der Waals surface area contributed by atoms with Gasteiger partial charge in [0.2, 0.25) is 0 Å². The van der Waals surface area contributed by atoms with Crippen molar-refractivity contribution in [2.75, 3.05) is 0 Å². The number of hydrogen-bond acceptors (Lipinski definition) is 3. The molecule has 0 unspecified atom stereocenters. The lowest BCUT2D eigenvalue weighted by molar-refractivity contribution is -0.114. The third-order valence-corrected chi connectivity index (χ3v) is 0.636. The van der Waals surface area contributed by atoms with Crippen LogP contribution in [0.1, 0.15) is 6.92 Å². The van der Waals surface area contributed by atoms with Crippen molar-refractivity contribution in [3.05, 3.63) is 0 Å². The lowest BCUT2D eigenvalue weighted by atomic mass is 10.5. The number of nitrogens with one attached hydrogen (secondary N) is 1. The molecule has 0 radical (unpaired) electrons. The minimum atomic E-state index is -0.394. The predicted molar refractivity (Wildman–Crippen MR) is 30.6 cm³/mol. The van der Waals surface area contributed by atoms with E-state index in [0.717, 1.165) is 0 Å². The quantitative estimate of drug-likeness (QED) is 0.208. The van der Waals surface area contributed by atoms with Crippen LogP contribution < -0.4 is 11.3 Å². The molecule has 0 aromatic rings. The van der Waals surface area contributed by atoms with Crippen LogP contribution in [0.15, 0.2) is 0 Å². The van der Waals surface area contributed by atoms with E-state index in [1.165, 1.54) is 6.92 Å². The van der Waals surface area contributed by atoms with E-state index in [2.05, 4.69) is 18.1 Å². The lowest BCUT2D eigenvalue weighted by Crippen LogP contribution is -2.33. The molecule has 0 bridgehead atoms. The van der Waals surface area contributed by atoms with E-state index in [1.54, 1.807) is 0 Å². The second-order valence-electron chi connectivity index (χ2n) is 1.03. The van der Waals surface area contributed by atoms with Crippen LogP contribution in [0.4, 0.5) is 0 Å². The van der Waals surface area contributed by atoms with Crippen LogP contribution in [0.3, 0.4) is 0 Å². The molecule has 0 aliphatic rings. The molecule has 0 spiro atoms. The molecule has 4 heteroatoms. The maximum Gasteiger partial charge on any atom is 0.271 e. The molecule has 0 aromatic carbocycles. The zero-order chi connectivity index (χ0) is 5.86. The van der Waals surface area contributed by atoms with Gasteiger partial charge in [0, 0.05) is 0 Å². The number of carbonyl (C=O) groups excluding carboxylic acids is 1. The van der Waals surface area contributed by atoms with Crippen LogP contribution in [0, 0.1) is 0 Å². The van der Waals surface area contributed by atoms with Crippen molar-refractivity contribution in [1.82, 2.24) is 5.43 Å². The van der Waals surface area contributed by atoms with Crippen molar-refractivity contribution < 1.29 is 4.79 Å². The van der Waals surface area contributed by atoms with Gasteiger partial charge in [-0.15, -0.1) is 0 Å². The Morgan fingerprint density at radius 1 is 1.86 bits per heavy atom. The van der Waals surface area contributed by atoms with Crippen LogP contribution >= 0.6 is 12.2 Å². The van der Waals surface area contributed by atoms with Gasteiger partial charge >= 0.3 is 0 Å². The summed E-state index contributed by atoms with van der Waals surface area (Å²) in [7, 11) is 0. The molecule has 0 heterocycles. The molecule has 0 fully saturated rings. The third kappa shape index (κ3) is 2.24. The Kier molecular flexibility index (Phi) is 2.47. The topological polar surface area (TPSA) is 55.1 Å². The summed E-state index contributed by atoms with van der Waals surface area (Å²) in [5, 5.41) is 0. The first kappa shape index (κ1) is 6.52. The molecule has 3 N–H and O–H groups in total. The summed E-state index contributed by atoms with van der Waals surface area (Å²) in [4.78, 5) is 10.4. The second-order valence-corrected chi connectivity index (χ2v) is 1.64. The van der Waals surface area contributed by atoms with Gasteiger partial charge in [-0.05, 0) is 6.92 Å². The van der Waals surface area contributed by atoms with E-state index >= 15 is 0 Å². The van der Waals surface area contributed by atoms with Gasteiger partial charge in [0.05, 0.1) is 4.86 Å². The minimum Gasteiger partial charge on any atom is -0.290 e. The molecule has 0 saturated heterocycles. The van der Waals surface area contributed by atoms with Crippen molar-refractivity contribution in [3.8, 4) is 0 Å². The number of hydrazine groups is 1. The summed E-state index contributed by atoms with van der Waals surface area (Å²) in [6.45, 7) is 1.51. The van der Waals surface area contributed by atoms with Crippen molar-refractivity contribution in [2.45, 2.75) is 6.92 Å². The Balaban J connectivity index is 3.58. The first-order chi connectivity index (χ1) is 3.18. The smallest absolute Gasteiger partial charge is 0.271 e. The summed E-state index contributed by atoms with van der Waals surface area (Å²) < 4.78 is 0. The molecule has 0 aliphatic carbocycles. The van der Waals surface area contributed by atoms with Gasteiger partial charge in [-0.1, -0.05) is 12.2 Å². The Bertz CT molecular complexity index is 101. The zero-order valence-corrected chi connectivity index (χ0v) is 4.71. The van der Waals surface area contributed by atoms with Gasteiger partial charge in [-0.2, -0.15) is 0 Å². The fourth-order valence-electron chi connectivity index (χ4n) is 0.102. The van der Waals surface area contributed by atoms with Gasteiger partial charge in [-0.3, -0.25) is 10.2 Å². The van der Waals surface area contributed by atoms with Crippen LogP contribution in [0.2, 0.25) is 0 Å². The number of carbonyl (C=O) groups is 1. The summed E-state index contributed by atoms with van der Waals surface area (Å²) in [6.07, 6.45) is 0. The molecule has 0 atom stereocenters. The second kappa shape index (κ2) is 2.65. The number of amides is 1. The third-order valence-electron chi connectivity index (χ3n) is 0.451. The molecule has 1 amide bonds. The van der Waals surface area contributed by atoms with Gasteiger partial charge in [0.15, 0.2) is 0 Å². The highest BCUT2D eigenvalue weighted by molar-refractivity contribution is 7.82. The van der Waals surface area contributed by atoms with Crippen molar-refractivity contribution in [1.29, 1.82) is 0 Å². The van der Waals surface area contributed by atoms with Gasteiger partial charge in [0.25, 0.3) is 5.91 Å². The molecular weight excluding hydrogens is 112 g/mol. The van der Waals surface area contributed by atoms with E-state index in [4.69, 9.17) is 0 Å². The summed E-state index contributed by atoms with van der Waals surface area (Å²) in [5.74, 6) is 4.29. The monoisotopic (exact) mass is 118 g/mol. The highest BCUT2D eigenvalue weighted by Gasteiger charge is 1.95. The van der Waals surface area contributed by atoms with Gasteiger partial charge < -0.3 is 0 Å². The maximum atomic E-state index is 10.1. The Morgan fingerprint density at radius 2 is 2.29 bits per heavy atom. The van der Waals surface area contributed by atoms with E-state index < -0.39 is 5.91 Å². The van der Waals surface area contributed by atoms with E-state index in [-0.39, 0.29) is 4.86 Å². The SMILES string of the molecule is CC(=S)C(=O)NN. The average molecular weight is 118 g/mol. The molecule has 0 saturated carbocycles. The molecular formula is C3H6N2OS. The normalized spacial score (nSPS) is 7.71. The predicted octanol–water partition coefficient (Wildman–Crippen LogP) is -0.634. The fourth-order valence-corrected chi connectivity index (χ4v) is 0.161. The minimum absolute atomic E-state index is 0.252. The van der Waals surface area contributed by atoms with Crippen molar-refractivity contribution >= 4 is 23.0 Å². The first-order valence-electron chi connectivity index (χ1n) is 1.70. The average Bonchev–Trinajstić information content (AvgIpc) is 1.65. The first-order valence-corrected chi connectivity index (χ1v) is 2.11. The maximum absolute atomic E-state index is 10.1. The van der Waals surface area contributed by atoms with Crippen molar-refractivity contribution in [3.63, 3.8) is 0 Å². The van der Waals surface area contributed by atoms with Crippen LogP contribution in [-0.4, -0.2) is 10.8 Å². The van der Waals surface area contributed by atoms with Gasteiger partial charge in [0.1, 0.15) is 0 Å². The molecule has 3 nitrogen and oxygen atoms in total. The number of rotatable bonds is 1. The summed E-state index contributed by atoms with van der Waals surface area (Å²) in [6, 6.07) is 0. The van der Waals surface area contributed by atoms with E-state index in [0.29, 0.717) is 0 Å². The van der Waals surface area contributed by atoms with Crippen LogP contribution in [0.25, 0.3) is 0 Å². The summed E-state index contributed by atoms with van der Waals surface area (Å²) >= 11 is 4.43. The fraction of sp³-hybridized carbons (Fsp3) is 0.333.